The molecule has 7 heteroatoms. The van der Waals surface area contributed by atoms with Crippen molar-refractivity contribution in [2.24, 2.45) is 11.1 Å². The van der Waals surface area contributed by atoms with Gasteiger partial charge < -0.3 is 20.6 Å². The van der Waals surface area contributed by atoms with Gasteiger partial charge in [-0.1, -0.05) is 0 Å². The van der Waals surface area contributed by atoms with Crippen molar-refractivity contribution in [2.75, 3.05) is 32.7 Å². The Hall–Kier alpha value is -1.99. The van der Waals surface area contributed by atoms with Crippen LogP contribution in [0.4, 0.5) is 0 Å². The summed E-state index contributed by atoms with van der Waals surface area (Å²) in [6.45, 7) is 3.02. The number of hydrogen-bond acceptors (Lipinski definition) is 5. The minimum absolute atomic E-state index is 0.0239. The van der Waals surface area contributed by atoms with E-state index in [0.29, 0.717) is 19.5 Å². The Morgan fingerprint density at radius 3 is 2.63 bits per heavy atom. The number of piperidine rings is 2. The Bertz CT molecular complexity index is 644. The number of aliphatic hydroxyl groups is 1. The number of aromatic nitrogens is 1. The standard InChI is InChI=1S/C20H30N4O3/c21-14-17(25)13-19(27)23-11-6-20(7-12-23)5-1-18(26)24(15-20)10-4-16-2-8-22-9-3-16/h2-3,8-9,17,25H,1,4-7,10-15,21H2/t17-/m1/s1. The maximum Gasteiger partial charge on any atom is 0.225 e. The van der Waals surface area contributed by atoms with Crippen molar-refractivity contribution < 1.29 is 14.7 Å². The lowest BCUT2D eigenvalue weighted by atomic mass is 9.72. The summed E-state index contributed by atoms with van der Waals surface area (Å²) < 4.78 is 0. The molecule has 1 aromatic heterocycles. The molecule has 0 radical (unpaired) electrons. The van der Waals surface area contributed by atoms with Crippen LogP contribution in [0.1, 0.15) is 37.7 Å². The number of nitrogens with zero attached hydrogens (tertiary/aromatic N) is 3. The van der Waals surface area contributed by atoms with E-state index in [9.17, 15) is 14.7 Å². The molecule has 0 aromatic carbocycles. The van der Waals surface area contributed by atoms with E-state index >= 15 is 0 Å². The van der Waals surface area contributed by atoms with Crippen molar-refractivity contribution in [1.82, 2.24) is 14.8 Å². The van der Waals surface area contributed by atoms with Gasteiger partial charge in [0.1, 0.15) is 0 Å². The minimum atomic E-state index is -0.760. The van der Waals surface area contributed by atoms with Crippen molar-refractivity contribution in [1.29, 1.82) is 0 Å². The lowest BCUT2D eigenvalue weighted by Gasteiger charge is -2.47. The van der Waals surface area contributed by atoms with Crippen LogP contribution in [0.5, 0.6) is 0 Å². The maximum absolute atomic E-state index is 12.4. The molecule has 148 valence electrons. The van der Waals surface area contributed by atoms with E-state index < -0.39 is 6.10 Å². The first kappa shape index (κ1) is 19.8. The average Bonchev–Trinajstić information content (AvgIpc) is 2.70. The van der Waals surface area contributed by atoms with Crippen LogP contribution < -0.4 is 5.73 Å². The number of aliphatic hydroxyl groups excluding tert-OH is 1. The smallest absolute Gasteiger partial charge is 0.225 e. The zero-order valence-electron chi connectivity index (χ0n) is 15.8. The highest BCUT2D eigenvalue weighted by atomic mass is 16.3. The molecule has 2 aliphatic rings. The molecule has 1 spiro atoms. The van der Waals surface area contributed by atoms with Crippen molar-refractivity contribution in [3.63, 3.8) is 0 Å². The monoisotopic (exact) mass is 374 g/mol. The highest BCUT2D eigenvalue weighted by molar-refractivity contribution is 5.78. The van der Waals surface area contributed by atoms with Crippen LogP contribution in [0.3, 0.4) is 0 Å². The molecular formula is C20H30N4O3. The Labute approximate surface area is 160 Å². The normalized spacial score (nSPS) is 20.7. The zero-order valence-corrected chi connectivity index (χ0v) is 15.8. The molecule has 1 atom stereocenters. The molecule has 1 aromatic rings. The predicted octanol–water partition coefficient (Wildman–Crippen LogP) is 0.565. The molecular weight excluding hydrogens is 344 g/mol. The third-order valence-corrected chi connectivity index (χ3v) is 6.03. The van der Waals surface area contributed by atoms with Crippen LogP contribution in [-0.4, -0.2) is 70.5 Å². The molecule has 0 aliphatic carbocycles. The summed E-state index contributed by atoms with van der Waals surface area (Å²) in [6.07, 6.45) is 7.07. The molecule has 0 bridgehead atoms. The predicted molar refractivity (Wildman–Crippen MR) is 102 cm³/mol. The van der Waals surface area contributed by atoms with Gasteiger partial charge in [0, 0.05) is 51.5 Å². The van der Waals surface area contributed by atoms with E-state index in [1.165, 1.54) is 5.56 Å². The first-order valence-electron chi connectivity index (χ1n) is 9.84. The fourth-order valence-electron chi connectivity index (χ4n) is 4.17. The topological polar surface area (TPSA) is 99.8 Å². The number of likely N-dealkylation sites (tertiary alicyclic amines) is 2. The number of pyridine rings is 1. The van der Waals surface area contributed by atoms with Crippen molar-refractivity contribution in [2.45, 2.75) is 44.6 Å². The fraction of sp³-hybridized carbons (Fsp3) is 0.650. The second-order valence-corrected chi connectivity index (χ2v) is 7.90. The number of carbonyl (C=O) groups excluding carboxylic acids is 2. The summed E-state index contributed by atoms with van der Waals surface area (Å²) in [5.74, 6) is 0.212. The van der Waals surface area contributed by atoms with Gasteiger partial charge in [-0.3, -0.25) is 14.6 Å². The maximum atomic E-state index is 12.4. The second-order valence-electron chi connectivity index (χ2n) is 7.90. The van der Waals surface area contributed by atoms with Gasteiger partial charge in [-0.15, -0.1) is 0 Å². The van der Waals surface area contributed by atoms with Crippen molar-refractivity contribution in [3.8, 4) is 0 Å². The number of rotatable bonds is 6. The van der Waals surface area contributed by atoms with Gasteiger partial charge in [0.2, 0.25) is 11.8 Å². The van der Waals surface area contributed by atoms with Crippen molar-refractivity contribution >= 4 is 11.8 Å². The highest BCUT2D eigenvalue weighted by Gasteiger charge is 2.41. The quantitative estimate of drug-likeness (QED) is 0.758. The highest BCUT2D eigenvalue weighted by Crippen LogP contribution is 2.40. The Balaban J connectivity index is 1.53. The first-order valence-corrected chi connectivity index (χ1v) is 9.84. The van der Waals surface area contributed by atoms with Crippen LogP contribution in [0.2, 0.25) is 0 Å². The molecule has 2 saturated heterocycles. The van der Waals surface area contributed by atoms with Gasteiger partial charge in [0.05, 0.1) is 12.5 Å². The van der Waals surface area contributed by atoms with Gasteiger partial charge in [-0.2, -0.15) is 0 Å². The Morgan fingerprint density at radius 1 is 1.26 bits per heavy atom. The summed E-state index contributed by atoms with van der Waals surface area (Å²) in [7, 11) is 0. The van der Waals surface area contributed by atoms with E-state index in [2.05, 4.69) is 4.98 Å². The SMILES string of the molecule is NC[C@H](O)CC(=O)N1CCC2(CCC(=O)N(CCc3ccncc3)C2)CC1. The molecule has 0 unspecified atom stereocenters. The minimum Gasteiger partial charge on any atom is -0.391 e. The van der Waals surface area contributed by atoms with Gasteiger partial charge in [0.15, 0.2) is 0 Å². The van der Waals surface area contributed by atoms with Crippen LogP contribution >= 0.6 is 0 Å². The van der Waals surface area contributed by atoms with Gasteiger partial charge in [-0.25, -0.2) is 0 Å². The molecule has 27 heavy (non-hydrogen) atoms. The first-order chi connectivity index (χ1) is 13.0. The number of amides is 2. The molecule has 2 fully saturated rings. The van der Waals surface area contributed by atoms with Crippen LogP contribution in [-0.2, 0) is 16.0 Å². The van der Waals surface area contributed by atoms with Crippen LogP contribution in [0, 0.1) is 5.41 Å². The van der Waals surface area contributed by atoms with Crippen LogP contribution in [0.15, 0.2) is 24.5 Å². The molecule has 3 rings (SSSR count). The number of nitrogens with two attached hydrogens (primary N) is 1. The Morgan fingerprint density at radius 2 is 1.96 bits per heavy atom. The average molecular weight is 374 g/mol. The number of carbonyl (C=O) groups is 2. The third kappa shape index (κ3) is 5.05. The van der Waals surface area contributed by atoms with E-state index in [-0.39, 0.29) is 30.2 Å². The zero-order chi connectivity index (χ0) is 19.3. The summed E-state index contributed by atoms with van der Waals surface area (Å²) in [5, 5.41) is 9.60. The molecule has 7 nitrogen and oxygen atoms in total. The molecule has 0 saturated carbocycles. The summed E-state index contributed by atoms with van der Waals surface area (Å²) in [4.78, 5) is 32.5. The Kier molecular flexibility index (Phi) is 6.44. The summed E-state index contributed by atoms with van der Waals surface area (Å²) in [5.41, 5.74) is 6.71. The molecule has 2 aliphatic heterocycles. The van der Waals surface area contributed by atoms with Gasteiger partial charge in [-0.05, 0) is 48.8 Å². The molecule has 2 amide bonds. The fourth-order valence-corrected chi connectivity index (χ4v) is 4.17. The van der Waals surface area contributed by atoms with E-state index in [0.717, 1.165) is 38.8 Å². The molecule has 3 heterocycles. The number of hydrogen-bond donors (Lipinski definition) is 2. The van der Waals surface area contributed by atoms with E-state index in [1.807, 2.05) is 21.9 Å². The van der Waals surface area contributed by atoms with E-state index in [4.69, 9.17) is 5.73 Å². The van der Waals surface area contributed by atoms with Crippen molar-refractivity contribution in [3.05, 3.63) is 30.1 Å². The lowest BCUT2D eigenvalue weighted by Crippen LogP contribution is -2.53. The third-order valence-electron chi connectivity index (χ3n) is 6.03. The lowest BCUT2D eigenvalue weighted by molar-refractivity contribution is -0.143. The van der Waals surface area contributed by atoms with E-state index in [1.54, 1.807) is 12.4 Å². The summed E-state index contributed by atoms with van der Waals surface area (Å²) in [6, 6.07) is 3.98. The van der Waals surface area contributed by atoms with Gasteiger partial charge in [0.25, 0.3) is 0 Å². The molecule has 3 N–H and O–H groups in total. The second kappa shape index (κ2) is 8.80. The van der Waals surface area contributed by atoms with Gasteiger partial charge >= 0.3 is 0 Å². The van der Waals surface area contributed by atoms with Crippen LogP contribution in [0.25, 0.3) is 0 Å². The summed E-state index contributed by atoms with van der Waals surface area (Å²) >= 11 is 0. The largest absolute Gasteiger partial charge is 0.391 e.